The molecule has 3 rings (SSSR count). The van der Waals surface area contributed by atoms with Crippen LogP contribution in [0.1, 0.15) is 19.7 Å². The summed E-state index contributed by atoms with van der Waals surface area (Å²) in [6.45, 7) is 3.90. The lowest BCUT2D eigenvalue weighted by Crippen LogP contribution is -2.33. The first-order chi connectivity index (χ1) is 7.18. The number of hydrogen-bond donors (Lipinski definition) is 0. The van der Waals surface area contributed by atoms with Crippen LogP contribution < -0.4 is 4.74 Å². The minimum absolute atomic E-state index is 0.488. The van der Waals surface area contributed by atoms with Crippen molar-refractivity contribution >= 4 is 0 Å². The third-order valence-electron chi connectivity index (χ3n) is 2.47. The minimum atomic E-state index is -0.488. The Labute approximate surface area is 86.7 Å². The maximum atomic E-state index is 5.84. The molecule has 1 aromatic carbocycles. The van der Waals surface area contributed by atoms with Crippen LogP contribution in [0.5, 0.6) is 5.75 Å². The van der Waals surface area contributed by atoms with Gasteiger partial charge in [0.25, 0.3) is 0 Å². The van der Waals surface area contributed by atoms with Crippen LogP contribution in [0, 0.1) is 0 Å². The molecule has 2 heterocycles. The summed E-state index contributed by atoms with van der Waals surface area (Å²) in [6, 6.07) is 7.72. The number of fused-ring (bicyclic) bond motifs is 3. The van der Waals surface area contributed by atoms with Crippen molar-refractivity contribution in [2.75, 3.05) is 0 Å². The van der Waals surface area contributed by atoms with Crippen LogP contribution in [0.25, 0.3) is 5.69 Å². The summed E-state index contributed by atoms with van der Waals surface area (Å²) in [5, 5.41) is 11.6. The number of ether oxygens (including phenoxy) is 1. The maximum Gasteiger partial charge on any atom is 0.199 e. The molecule has 5 nitrogen and oxygen atoms in total. The number of nitrogens with zero attached hydrogens (tertiary/aromatic N) is 4. The first-order valence-corrected chi connectivity index (χ1v) is 4.76. The summed E-state index contributed by atoms with van der Waals surface area (Å²) in [4.78, 5) is 0. The van der Waals surface area contributed by atoms with Crippen molar-refractivity contribution in [1.82, 2.24) is 20.2 Å². The van der Waals surface area contributed by atoms with E-state index in [1.165, 1.54) is 0 Å². The largest absolute Gasteiger partial charge is 0.478 e. The second-order valence-corrected chi connectivity index (χ2v) is 3.99. The highest BCUT2D eigenvalue weighted by molar-refractivity contribution is 5.48. The van der Waals surface area contributed by atoms with Crippen LogP contribution >= 0.6 is 0 Å². The molecule has 5 heteroatoms. The van der Waals surface area contributed by atoms with Gasteiger partial charge in [-0.3, -0.25) is 0 Å². The molecule has 0 N–H and O–H groups in total. The van der Waals surface area contributed by atoms with E-state index in [1.54, 1.807) is 4.68 Å². The molecule has 1 aromatic heterocycles. The van der Waals surface area contributed by atoms with E-state index < -0.39 is 5.60 Å². The number of tetrazole rings is 1. The van der Waals surface area contributed by atoms with E-state index in [-0.39, 0.29) is 0 Å². The van der Waals surface area contributed by atoms with Crippen LogP contribution in [0.4, 0.5) is 0 Å². The van der Waals surface area contributed by atoms with Gasteiger partial charge in [0.1, 0.15) is 11.4 Å². The fourth-order valence-corrected chi connectivity index (χ4v) is 1.76. The molecule has 1 aliphatic heterocycles. The number of para-hydroxylation sites is 2. The van der Waals surface area contributed by atoms with Crippen molar-refractivity contribution in [3.63, 3.8) is 0 Å². The SMILES string of the molecule is CC1(C)Oc2ccccc2-n2nnnc21. The molecule has 0 fully saturated rings. The molecule has 15 heavy (non-hydrogen) atoms. The zero-order valence-electron chi connectivity index (χ0n) is 8.51. The molecule has 2 aromatic rings. The number of hydrogen-bond acceptors (Lipinski definition) is 4. The topological polar surface area (TPSA) is 52.8 Å². The first kappa shape index (κ1) is 8.40. The average molecular weight is 202 g/mol. The van der Waals surface area contributed by atoms with Gasteiger partial charge in [0.05, 0.1) is 0 Å². The fourth-order valence-electron chi connectivity index (χ4n) is 1.76. The third kappa shape index (κ3) is 1.06. The van der Waals surface area contributed by atoms with Gasteiger partial charge in [0.15, 0.2) is 11.4 Å². The molecule has 0 unspecified atom stereocenters. The summed E-state index contributed by atoms with van der Waals surface area (Å²) in [5.74, 6) is 1.53. The van der Waals surface area contributed by atoms with Gasteiger partial charge in [0.2, 0.25) is 0 Å². The molecule has 0 atom stereocenters. The number of aromatic nitrogens is 4. The van der Waals surface area contributed by atoms with E-state index in [2.05, 4.69) is 15.5 Å². The Morgan fingerprint density at radius 1 is 1.27 bits per heavy atom. The maximum absolute atomic E-state index is 5.84. The molecular formula is C10H10N4O. The molecule has 0 saturated heterocycles. The zero-order chi connectivity index (χ0) is 10.5. The molecule has 0 saturated carbocycles. The van der Waals surface area contributed by atoms with E-state index in [1.807, 2.05) is 38.1 Å². The van der Waals surface area contributed by atoms with E-state index in [9.17, 15) is 0 Å². The fraction of sp³-hybridized carbons (Fsp3) is 0.300. The lowest BCUT2D eigenvalue weighted by Gasteiger charge is -2.30. The smallest absolute Gasteiger partial charge is 0.199 e. The van der Waals surface area contributed by atoms with Gasteiger partial charge in [-0.2, -0.15) is 4.68 Å². The molecule has 0 spiro atoms. The van der Waals surface area contributed by atoms with Crippen molar-refractivity contribution in [2.45, 2.75) is 19.4 Å². The summed E-state index contributed by atoms with van der Waals surface area (Å²) < 4.78 is 7.56. The van der Waals surface area contributed by atoms with Gasteiger partial charge < -0.3 is 4.74 Å². The Morgan fingerprint density at radius 3 is 2.93 bits per heavy atom. The summed E-state index contributed by atoms with van der Waals surface area (Å²) in [5.41, 5.74) is 0.398. The van der Waals surface area contributed by atoms with Crippen LogP contribution in [0.3, 0.4) is 0 Å². The van der Waals surface area contributed by atoms with E-state index in [0.717, 1.165) is 17.3 Å². The summed E-state index contributed by atoms with van der Waals surface area (Å²) >= 11 is 0. The Balaban J connectivity index is 2.32. The van der Waals surface area contributed by atoms with Crippen LogP contribution in [-0.4, -0.2) is 20.2 Å². The molecular weight excluding hydrogens is 192 g/mol. The third-order valence-corrected chi connectivity index (χ3v) is 2.47. The summed E-state index contributed by atoms with van der Waals surface area (Å²) in [6.07, 6.45) is 0. The normalized spacial score (nSPS) is 16.4. The molecule has 0 aliphatic carbocycles. The first-order valence-electron chi connectivity index (χ1n) is 4.76. The summed E-state index contributed by atoms with van der Waals surface area (Å²) in [7, 11) is 0. The van der Waals surface area contributed by atoms with Crippen molar-refractivity contribution < 1.29 is 4.74 Å². The zero-order valence-corrected chi connectivity index (χ0v) is 8.51. The van der Waals surface area contributed by atoms with Crippen LogP contribution in [-0.2, 0) is 5.60 Å². The average Bonchev–Trinajstić information content (AvgIpc) is 2.66. The van der Waals surface area contributed by atoms with Gasteiger partial charge in [0, 0.05) is 0 Å². The van der Waals surface area contributed by atoms with Gasteiger partial charge in [-0.05, 0) is 36.4 Å². The van der Waals surface area contributed by atoms with Gasteiger partial charge in [-0.1, -0.05) is 12.1 Å². The molecule has 76 valence electrons. The Kier molecular flexibility index (Phi) is 1.44. The monoisotopic (exact) mass is 202 g/mol. The highest BCUT2D eigenvalue weighted by Crippen LogP contribution is 2.36. The van der Waals surface area contributed by atoms with Gasteiger partial charge >= 0.3 is 0 Å². The Bertz CT molecular complexity index is 518. The van der Waals surface area contributed by atoms with Gasteiger partial charge in [-0.25, -0.2) is 0 Å². The van der Waals surface area contributed by atoms with E-state index in [0.29, 0.717) is 0 Å². The van der Waals surface area contributed by atoms with E-state index >= 15 is 0 Å². The lowest BCUT2D eigenvalue weighted by molar-refractivity contribution is 0.0853. The number of benzene rings is 1. The molecule has 1 aliphatic rings. The van der Waals surface area contributed by atoms with Crippen molar-refractivity contribution in [1.29, 1.82) is 0 Å². The van der Waals surface area contributed by atoms with Crippen molar-refractivity contribution in [2.24, 2.45) is 0 Å². The number of rotatable bonds is 0. The lowest BCUT2D eigenvalue weighted by atomic mass is 10.1. The Morgan fingerprint density at radius 2 is 2.07 bits per heavy atom. The van der Waals surface area contributed by atoms with E-state index in [4.69, 9.17) is 4.74 Å². The molecule has 0 radical (unpaired) electrons. The minimum Gasteiger partial charge on any atom is -0.478 e. The molecule has 0 amide bonds. The van der Waals surface area contributed by atoms with Crippen LogP contribution in [0.15, 0.2) is 24.3 Å². The highest BCUT2D eigenvalue weighted by Gasteiger charge is 2.35. The standard InChI is InChI=1S/C10H10N4O/c1-10(2)9-11-12-13-14(9)7-5-3-4-6-8(7)15-10/h3-6H,1-2H3. The second kappa shape index (κ2) is 2.56. The van der Waals surface area contributed by atoms with Crippen molar-refractivity contribution in [3.8, 4) is 11.4 Å². The Hall–Kier alpha value is -1.91. The second-order valence-electron chi connectivity index (χ2n) is 3.99. The predicted molar refractivity (Wildman–Crippen MR) is 52.8 cm³/mol. The predicted octanol–water partition coefficient (Wildman–Crippen LogP) is 1.29. The van der Waals surface area contributed by atoms with Crippen LogP contribution in [0.2, 0.25) is 0 Å². The quantitative estimate of drug-likeness (QED) is 0.646. The van der Waals surface area contributed by atoms with Crippen molar-refractivity contribution in [3.05, 3.63) is 30.1 Å². The molecule has 0 bridgehead atoms. The van der Waals surface area contributed by atoms with Gasteiger partial charge in [-0.15, -0.1) is 5.10 Å². The highest BCUT2D eigenvalue weighted by atomic mass is 16.5.